The fraction of sp³-hybridized carbons (Fsp3) is 0.0492. The fourth-order valence-electron chi connectivity index (χ4n) is 11.0. The second-order valence-electron chi connectivity index (χ2n) is 18.1. The van der Waals surface area contributed by atoms with E-state index in [1.54, 1.807) is 0 Å². The molecule has 0 N–H and O–H groups in total. The Morgan fingerprint density at radius 1 is 0.409 bits per heavy atom. The number of furan rings is 1. The van der Waals surface area contributed by atoms with Gasteiger partial charge in [-0.2, -0.15) is 0 Å². The fourth-order valence-corrected chi connectivity index (χ4v) is 11.0. The van der Waals surface area contributed by atoms with Crippen LogP contribution in [0.25, 0.3) is 122 Å². The van der Waals surface area contributed by atoms with Crippen molar-refractivity contribution < 1.29 is 4.42 Å². The van der Waals surface area contributed by atoms with E-state index in [1.807, 2.05) is 36.4 Å². The average Bonchev–Trinajstić information content (AvgIpc) is 4.08. The van der Waals surface area contributed by atoms with Crippen LogP contribution in [0.3, 0.4) is 0 Å². The van der Waals surface area contributed by atoms with Crippen molar-refractivity contribution in [3.63, 3.8) is 0 Å². The van der Waals surface area contributed by atoms with Gasteiger partial charge >= 0.3 is 0 Å². The van der Waals surface area contributed by atoms with Gasteiger partial charge in [0.15, 0.2) is 11.4 Å². The molecule has 0 spiro atoms. The summed E-state index contributed by atoms with van der Waals surface area (Å²) >= 11 is 0. The maximum absolute atomic E-state index is 6.51. The van der Waals surface area contributed by atoms with Crippen LogP contribution < -0.4 is 0 Å². The first kappa shape index (κ1) is 36.9. The van der Waals surface area contributed by atoms with E-state index in [0.717, 1.165) is 77.6 Å². The molecule has 1 aliphatic rings. The summed E-state index contributed by atoms with van der Waals surface area (Å²) in [4.78, 5) is 10.7. The van der Waals surface area contributed by atoms with Gasteiger partial charge in [0.05, 0.1) is 22.1 Å². The predicted octanol–water partition coefficient (Wildman–Crippen LogP) is 15.9. The quantitative estimate of drug-likeness (QED) is 0.173. The summed E-state index contributed by atoms with van der Waals surface area (Å²) in [5.41, 5.74) is 19.5. The molecule has 0 bridgehead atoms. The number of nitrogens with zero attached hydrogens (tertiary/aromatic N) is 4. The zero-order chi connectivity index (χ0) is 43.7. The molecule has 66 heavy (non-hydrogen) atoms. The van der Waals surface area contributed by atoms with Crippen LogP contribution in [0.5, 0.6) is 0 Å². The molecule has 4 aromatic heterocycles. The van der Waals surface area contributed by atoms with Crippen molar-refractivity contribution in [1.82, 2.24) is 19.1 Å². The van der Waals surface area contributed by atoms with Crippen molar-refractivity contribution in [1.29, 1.82) is 0 Å². The first-order valence-electron chi connectivity index (χ1n) is 22.7. The highest BCUT2D eigenvalue weighted by Crippen LogP contribution is 2.51. The Morgan fingerprint density at radius 2 is 1.02 bits per heavy atom. The van der Waals surface area contributed by atoms with Gasteiger partial charge in [0.1, 0.15) is 16.8 Å². The molecule has 0 unspecified atom stereocenters. The molecule has 0 atom stereocenters. The minimum atomic E-state index is -0.108. The summed E-state index contributed by atoms with van der Waals surface area (Å²) in [7, 11) is 0. The largest absolute Gasteiger partial charge is 0.452 e. The molecule has 14 rings (SSSR count). The Labute approximate surface area is 380 Å². The molecule has 9 aromatic carbocycles. The van der Waals surface area contributed by atoms with Gasteiger partial charge in [0.2, 0.25) is 0 Å². The summed E-state index contributed by atoms with van der Waals surface area (Å²) in [5, 5.41) is 5.68. The number of hydrogen-bond donors (Lipinski definition) is 0. The van der Waals surface area contributed by atoms with Crippen LogP contribution in [-0.4, -0.2) is 19.1 Å². The van der Waals surface area contributed by atoms with Crippen LogP contribution in [0.1, 0.15) is 25.0 Å². The third-order valence-electron chi connectivity index (χ3n) is 14.1. The van der Waals surface area contributed by atoms with E-state index in [-0.39, 0.29) is 5.41 Å². The lowest BCUT2D eigenvalue weighted by atomic mass is 9.82. The molecule has 0 aliphatic heterocycles. The van der Waals surface area contributed by atoms with Gasteiger partial charge in [-0.15, -0.1) is 0 Å². The minimum absolute atomic E-state index is 0.108. The molecular formula is C61H40N4O. The third kappa shape index (κ3) is 5.22. The molecule has 0 radical (unpaired) electrons. The highest BCUT2D eigenvalue weighted by Gasteiger charge is 2.36. The molecule has 310 valence electrons. The van der Waals surface area contributed by atoms with Crippen molar-refractivity contribution in [2.45, 2.75) is 19.3 Å². The lowest BCUT2D eigenvalue weighted by Gasteiger charge is -2.21. The SMILES string of the molecule is CC1(C)c2ccccc2-c2cc3c4cc(-c5ccc6c(c5)c5c(-c7nc(-c8ccccc8)c8oc9ccccc9c8n7)cccc5n6-c5ccccc5)ccc4n(-c4ccccc4)c3cc21. The first-order valence-corrected chi connectivity index (χ1v) is 22.7. The molecule has 0 amide bonds. The van der Waals surface area contributed by atoms with Gasteiger partial charge in [-0.1, -0.05) is 141 Å². The van der Waals surface area contributed by atoms with Gasteiger partial charge < -0.3 is 13.6 Å². The van der Waals surface area contributed by atoms with E-state index in [4.69, 9.17) is 14.4 Å². The van der Waals surface area contributed by atoms with E-state index < -0.39 is 0 Å². The lowest BCUT2D eigenvalue weighted by molar-refractivity contribution is 0.661. The summed E-state index contributed by atoms with van der Waals surface area (Å²) in [6.07, 6.45) is 0. The maximum atomic E-state index is 6.51. The molecule has 0 saturated heterocycles. The molecule has 4 heterocycles. The van der Waals surface area contributed by atoms with Crippen LogP contribution in [-0.2, 0) is 5.41 Å². The van der Waals surface area contributed by atoms with Crippen molar-refractivity contribution >= 4 is 65.7 Å². The first-order chi connectivity index (χ1) is 32.5. The molecule has 13 aromatic rings. The molecule has 0 saturated carbocycles. The van der Waals surface area contributed by atoms with Crippen LogP contribution >= 0.6 is 0 Å². The number of rotatable bonds is 5. The number of aromatic nitrogens is 4. The molecule has 5 nitrogen and oxygen atoms in total. The van der Waals surface area contributed by atoms with Crippen LogP contribution in [0, 0.1) is 0 Å². The number of hydrogen-bond acceptors (Lipinski definition) is 3. The second kappa shape index (κ2) is 13.7. The maximum Gasteiger partial charge on any atom is 0.180 e. The van der Waals surface area contributed by atoms with Crippen LogP contribution in [0.15, 0.2) is 211 Å². The lowest BCUT2D eigenvalue weighted by Crippen LogP contribution is -2.14. The summed E-state index contributed by atoms with van der Waals surface area (Å²) < 4.78 is 11.3. The van der Waals surface area contributed by atoms with Gasteiger partial charge in [-0.25, -0.2) is 9.97 Å². The van der Waals surface area contributed by atoms with Gasteiger partial charge in [-0.05, 0) is 112 Å². The second-order valence-corrected chi connectivity index (χ2v) is 18.1. The molecule has 1 aliphatic carbocycles. The van der Waals surface area contributed by atoms with Gasteiger partial charge in [-0.3, -0.25) is 0 Å². The van der Waals surface area contributed by atoms with E-state index in [0.29, 0.717) is 11.4 Å². The monoisotopic (exact) mass is 844 g/mol. The normalized spacial score (nSPS) is 13.1. The van der Waals surface area contributed by atoms with E-state index in [2.05, 4.69) is 193 Å². The minimum Gasteiger partial charge on any atom is -0.452 e. The zero-order valence-electron chi connectivity index (χ0n) is 36.3. The van der Waals surface area contributed by atoms with Crippen molar-refractivity contribution in [2.75, 3.05) is 0 Å². The Hall–Kier alpha value is -8.54. The Balaban J connectivity index is 1.03. The van der Waals surface area contributed by atoms with Crippen molar-refractivity contribution in [3.05, 3.63) is 217 Å². The van der Waals surface area contributed by atoms with Gasteiger partial charge in [0, 0.05) is 54.8 Å². The van der Waals surface area contributed by atoms with Crippen molar-refractivity contribution in [2.24, 2.45) is 0 Å². The highest BCUT2D eigenvalue weighted by atomic mass is 16.3. The van der Waals surface area contributed by atoms with E-state index in [1.165, 1.54) is 44.1 Å². The molecular weight excluding hydrogens is 805 g/mol. The summed E-state index contributed by atoms with van der Waals surface area (Å²) in [6.45, 7) is 4.72. The average molecular weight is 845 g/mol. The zero-order valence-corrected chi connectivity index (χ0v) is 36.3. The van der Waals surface area contributed by atoms with E-state index >= 15 is 0 Å². The summed E-state index contributed by atoms with van der Waals surface area (Å²) in [5.74, 6) is 0.656. The Morgan fingerprint density at radius 3 is 1.77 bits per heavy atom. The third-order valence-corrected chi connectivity index (χ3v) is 14.1. The predicted molar refractivity (Wildman–Crippen MR) is 272 cm³/mol. The molecule has 5 heteroatoms. The topological polar surface area (TPSA) is 48.8 Å². The number of para-hydroxylation sites is 3. The van der Waals surface area contributed by atoms with Gasteiger partial charge in [0.25, 0.3) is 0 Å². The smallest absolute Gasteiger partial charge is 0.180 e. The number of benzene rings is 9. The van der Waals surface area contributed by atoms with Crippen LogP contribution in [0.2, 0.25) is 0 Å². The Kier molecular flexibility index (Phi) is 7.68. The standard InChI is InChI=1S/C61H40N4O/c1-61(2)49-26-14-12-23-42(49)45-35-47-46-33-38(29-31-51(46)65(54(47)36-50(45)61)41-21-10-5-11-22-41)39-30-32-52-48(34-39)56-44(25-16-27-53(56)64(52)40-19-8-4-9-20-40)60-62-57(37-17-6-3-7-18-37)59-58(63-60)43-24-13-15-28-55(43)66-59/h3-36H,1-2H3. The van der Waals surface area contributed by atoms with Crippen LogP contribution in [0.4, 0.5) is 0 Å². The van der Waals surface area contributed by atoms with Crippen molar-refractivity contribution in [3.8, 4) is 56.3 Å². The summed E-state index contributed by atoms with van der Waals surface area (Å²) in [6, 6.07) is 74.2. The number of fused-ring (bicyclic) bond motifs is 12. The highest BCUT2D eigenvalue weighted by molar-refractivity contribution is 6.18. The van der Waals surface area contributed by atoms with E-state index in [9.17, 15) is 0 Å². The Bertz CT molecular complexity index is 4120. The molecule has 0 fully saturated rings.